The summed E-state index contributed by atoms with van der Waals surface area (Å²) in [5.74, 6) is -3.47. The quantitative estimate of drug-likeness (QED) is 0.599. The molecule has 2 saturated heterocycles. The molecule has 2 amide bonds. The van der Waals surface area contributed by atoms with Gasteiger partial charge in [0.15, 0.2) is 0 Å². The Morgan fingerprint density at radius 2 is 1.75 bits per heavy atom. The molecule has 2 heterocycles. The summed E-state index contributed by atoms with van der Waals surface area (Å²) in [7, 11) is 0. The number of nitrogens with one attached hydrogen (secondary N) is 1. The first kappa shape index (κ1) is 21.8. The van der Waals surface area contributed by atoms with Gasteiger partial charge in [-0.1, -0.05) is 48.5 Å². The van der Waals surface area contributed by atoms with Gasteiger partial charge in [-0.2, -0.15) is 5.06 Å². The monoisotopic (exact) mass is 456 g/mol. The van der Waals surface area contributed by atoms with E-state index in [9.17, 15) is 24.3 Å². The zero-order chi connectivity index (χ0) is 22.7. The van der Waals surface area contributed by atoms with Gasteiger partial charge >= 0.3 is 17.7 Å². The van der Waals surface area contributed by atoms with Crippen LogP contribution in [0.15, 0.2) is 65.6 Å². The Morgan fingerprint density at radius 3 is 2.41 bits per heavy atom. The summed E-state index contributed by atoms with van der Waals surface area (Å²) < 4.78 is 5.21. The Hall–Kier alpha value is -3.37. The van der Waals surface area contributed by atoms with Gasteiger partial charge in [-0.15, -0.1) is 11.8 Å². The summed E-state index contributed by atoms with van der Waals surface area (Å²) in [6.07, 6.45) is -0.239. The number of hydrogen-bond donors (Lipinski definition) is 2. The standard InChI is InChI=1S/C22H20N2O7S/c25-18(11-14-7-3-1-4-8-14)23-16-13-30-24(19(16)26)22(21(28)29)12-17(20(27)31-22)32-15-9-5-2-6-10-15/h1-10,16-17H,11-13H2,(H,23,25)(H,28,29)/t16-,17?,22?/m0/s1. The Morgan fingerprint density at radius 1 is 1.09 bits per heavy atom. The highest BCUT2D eigenvalue weighted by Gasteiger charge is 2.62. The molecule has 2 aromatic carbocycles. The molecule has 0 aromatic heterocycles. The van der Waals surface area contributed by atoms with Gasteiger partial charge in [-0.3, -0.25) is 19.2 Å². The lowest BCUT2D eigenvalue weighted by molar-refractivity contribution is -0.256. The summed E-state index contributed by atoms with van der Waals surface area (Å²) in [6, 6.07) is 16.9. The van der Waals surface area contributed by atoms with Gasteiger partial charge in [0.1, 0.15) is 17.9 Å². The maximum Gasteiger partial charge on any atom is 0.372 e. The molecule has 0 aliphatic carbocycles. The van der Waals surface area contributed by atoms with Gasteiger partial charge < -0.3 is 15.2 Å². The SMILES string of the molecule is O=C(Cc1ccccc1)N[C@H]1CON(C2(C(=O)O)CC(Sc3ccccc3)C(=O)O2)C1=O. The third-order valence-electron chi connectivity index (χ3n) is 5.09. The van der Waals surface area contributed by atoms with E-state index in [0.717, 1.165) is 22.2 Å². The Balaban J connectivity index is 1.45. The minimum absolute atomic E-state index is 0.0550. The van der Waals surface area contributed by atoms with Gasteiger partial charge in [0.25, 0.3) is 5.91 Å². The second-order valence-electron chi connectivity index (χ2n) is 7.35. The zero-order valence-corrected chi connectivity index (χ0v) is 17.6. The van der Waals surface area contributed by atoms with Crippen LogP contribution in [0, 0.1) is 0 Å². The van der Waals surface area contributed by atoms with Crippen LogP contribution in [0.4, 0.5) is 0 Å². The molecule has 9 nitrogen and oxygen atoms in total. The Bertz CT molecular complexity index is 1030. The van der Waals surface area contributed by atoms with Crippen molar-refractivity contribution in [2.24, 2.45) is 0 Å². The molecule has 2 aliphatic rings. The number of rotatable bonds is 7. The van der Waals surface area contributed by atoms with Gasteiger partial charge in [0.05, 0.1) is 6.42 Å². The van der Waals surface area contributed by atoms with Crippen molar-refractivity contribution in [1.29, 1.82) is 0 Å². The minimum Gasteiger partial charge on any atom is -0.477 e. The number of carbonyl (C=O) groups excluding carboxylic acids is 3. The highest BCUT2D eigenvalue weighted by molar-refractivity contribution is 8.00. The number of carboxylic acids is 1. The molecule has 32 heavy (non-hydrogen) atoms. The number of thioether (sulfide) groups is 1. The predicted octanol–water partition coefficient (Wildman–Crippen LogP) is 1.38. The number of amides is 2. The largest absolute Gasteiger partial charge is 0.477 e. The van der Waals surface area contributed by atoms with Crippen molar-refractivity contribution in [3.63, 3.8) is 0 Å². The summed E-state index contributed by atoms with van der Waals surface area (Å²) in [5.41, 5.74) is -1.53. The minimum atomic E-state index is -2.29. The summed E-state index contributed by atoms with van der Waals surface area (Å²) in [6.45, 7) is -0.261. The zero-order valence-electron chi connectivity index (χ0n) is 16.8. The van der Waals surface area contributed by atoms with Crippen LogP contribution in [0.2, 0.25) is 0 Å². The van der Waals surface area contributed by atoms with Crippen LogP contribution in [0.1, 0.15) is 12.0 Å². The molecule has 166 valence electrons. The number of cyclic esters (lactones) is 1. The third kappa shape index (κ3) is 4.32. The number of carboxylic acid groups (broad SMARTS) is 1. The van der Waals surface area contributed by atoms with Gasteiger partial charge in [0, 0.05) is 11.3 Å². The van der Waals surface area contributed by atoms with E-state index < -0.39 is 40.8 Å². The number of hydrogen-bond acceptors (Lipinski definition) is 7. The van der Waals surface area contributed by atoms with Crippen molar-refractivity contribution >= 4 is 35.5 Å². The third-order valence-corrected chi connectivity index (χ3v) is 6.28. The molecule has 2 aromatic rings. The van der Waals surface area contributed by atoms with E-state index in [-0.39, 0.29) is 19.4 Å². The fourth-order valence-electron chi connectivity index (χ4n) is 3.54. The second kappa shape index (κ2) is 9.01. The molecule has 10 heteroatoms. The number of hydroxylamine groups is 2. The van der Waals surface area contributed by atoms with E-state index >= 15 is 0 Å². The molecule has 2 N–H and O–H groups in total. The average molecular weight is 456 g/mol. The number of nitrogens with zero attached hydrogens (tertiary/aromatic N) is 1. The lowest BCUT2D eigenvalue weighted by atomic mass is 10.1. The smallest absolute Gasteiger partial charge is 0.372 e. The normalized spacial score (nSPS) is 24.9. The first-order valence-corrected chi connectivity index (χ1v) is 10.8. The highest BCUT2D eigenvalue weighted by atomic mass is 32.2. The summed E-state index contributed by atoms with van der Waals surface area (Å²) >= 11 is 1.15. The van der Waals surface area contributed by atoms with Crippen LogP contribution in [0.3, 0.4) is 0 Å². The molecule has 2 fully saturated rings. The van der Waals surface area contributed by atoms with Crippen molar-refractivity contribution < 1.29 is 33.9 Å². The van der Waals surface area contributed by atoms with Crippen molar-refractivity contribution in [3.8, 4) is 0 Å². The van der Waals surface area contributed by atoms with E-state index in [1.807, 2.05) is 12.1 Å². The van der Waals surface area contributed by atoms with Crippen molar-refractivity contribution in [3.05, 3.63) is 66.2 Å². The molecule has 2 unspecified atom stereocenters. The maximum atomic E-state index is 12.9. The van der Waals surface area contributed by atoms with Gasteiger partial charge in [-0.25, -0.2) is 4.79 Å². The fourth-order valence-corrected chi connectivity index (χ4v) is 4.64. The Kier molecular flexibility index (Phi) is 6.15. The predicted molar refractivity (Wildman–Crippen MR) is 112 cm³/mol. The number of benzene rings is 2. The van der Waals surface area contributed by atoms with Crippen LogP contribution in [-0.2, 0) is 35.2 Å². The van der Waals surface area contributed by atoms with Crippen LogP contribution in [-0.4, -0.2) is 57.5 Å². The number of esters is 1. The molecule has 3 atom stereocenters. The topological polar surface area (TPSA) is 122 Å². The van der Waals surface area contributed by atoms with E-state index in [4.69, 9.17) is 9.57 Å². The van der Waals surface area contributed by atoms with Crippen molar-refractivity contribution in [2.75, 3.05) is 6.61 Å². The molecule has 4 rings (SSSR count). The number of carbonyl (C=O) groups is 4. The summed E-state index contributed by atoms with van der Waals surface area (Å²) in [4.78, 5) is 55.9. The molecule has 0 saturated carbocycles. The van der Waals surface area contributed by atoms with E-state index in [1.54, 1.807) is 48.5 Å². The van der Waals surface area contributed by atoms with Crippen LogP contribution < -0.4 is 5.32 Å². The van der Waals surface area contributed by atoms with E-state index in [0.29, 0.717) is 5.06 Å². The van der Waals surface area contributed by atoms with E-state index in [2.05, 4.69) is 5.32 Å². The first-order chi connectivity index (χ1) is 15.4. The second-order valence-corrected chi connectivity index (χ2v) is 8.62. The lowest BCUT2D eigenvalue weighted by Crippen LogP contribution is -2.57. The number of ether oxygens (including phenoxy) is 1. The van der Waals surface area contributed by atoms with Gasteiger partial charge in [0.2, 0.25) is 5.91 Å². The molecule has 2 aliphatic heterocycles. The van der Waals surface area contributed by atoms with Crippen LogP contribution in [0.5, 0.6) is 0 Å². The molecule has 0 radical (unpaired) electrons. The lowest BCUT2D eigenvalue weighted by Gasteiger charge is -2.30. The first-order valence-electron chi connectivity index (χ1n) is 9.87. The summed E-state index contributed by atoms with van der Waals surface area (Å²) in [5, 5.41) is 12.2. The average Bonchev–Trinajstić information content (AvgIpc) is 3.30. The Labute approximate surface area is 187 Å². The van der Waals surface area contributed by atoms with Crippen molar-refractivity contribution in [2.45, 2.75) is 34.8 Å². The van der Waals surface area contributed by atoms with Crippen LogP contribution >= 0.6 is 11.8 Å². The fraction of sp³-hybridized carbons (Fsp3) is 0.273. The van der Waals surface area contributed by atoms with Crippen LogP contribution in [0.25, 0.3) is 0 Å². The molecule has 0 bridgehead atoms. The molecular formula is C22H20N2O7S. The van der Waals surface area contributed by atoms with Crippen molar-refractivity contribution in [1.82, 2.24) is 10.4 Å². The highest BCUT2D eigenvalue weighted by Crippen LogP contribution is 2.41. The molecule has 0 spiro atoms. The van der Waals surface area contributed by atoms with Gasteiger partial charge in [-0.05, 0) is 17.7 Å². The van der Waals surface area contributed by atoms with E-state index in [1.165, 1.54) is 0 Å². The maximum absolute atomic E-state index is 12.9. The molecular weight excluding hydrogens is 436 g/mol. The number of aliphatic carboxylic acids is 1.